The molecule has 0 spiro atoms. The van der Waals surface area contributed by atoms with E-state index in [4.69, 9.17) is 4.74 Å². The Hall–Kier alpha value is -1.66. The van der Waals surface area contributed by atoms with Gasteiger partial charge in [-0.25, -0.2) is 0 Å². The van der Waals surface area contributed by atoms with Crippen LogP contribution >= 0.6 is 0 Å². The molecule has 0 saturated heterocycles. The van der Waals surface area contributed by atoms with Crippen molar-refractivity contribution in [3.8, 4) is 0 Å². The van der Waals surface area contributed by atoms with E-state index in [2.05, 4.69) is 43.5 Å². The number of amides is 1. The fourth-order valence-electron chi connectivity index (χ4n) is 11.1. The Balaban J connectivity index is 3.38. The quantitative estimate of drug-likeness (QED) is 0.0320. The minimum atomic E-state index is -0.666. The zero-order valence-electron chi connectivity index (χ0n) is 52.2. The third-order valence-electron chi connectivity index (χ3n) is 16.5. The molecule has 2 unspecified atom stereocenters. The van der Waals surface area contributed by atoms with Gasteiger partial charge in [-0.05, 0) is 77.0 Å². The van der Waals surface area contributed by atoms with Gasteiger partial charge in [0.15, 0.2) is 0 Å². The van der Waals surface area contributed by atoms with Crippen LogP contribution in [0.1, 0.15) is 393 Å². The number of carbonyl (C=O) groups is 2. The van der Waals surface area contributed by atoms with Gasteiger partial charge in [0.1, 0.15) is 0 Å². The molecule has 0 aromatic heterocycles. The van der Waals surface area contributed by atoms with Crippen molar-refractivity contribution in [1.29, 1.82) is 0 Å². The lowest BCUT2D eigenvalue weighted by Gasteiger charge is -2.22. The van der Waals surface area contributed by atoms with Crippen LogP contribution in [0.25, 0.3) is 0 Å². The van der Waals surface area contributed by atoms with E-state index in [9.17, 15) is 19.8 Å². The molecular weight excluding hydrogens is 947 g/mol. The van der Waals surface area contributed by atoms with E-state index >= 15 is 0 Å². The van der Waals surface area contributed by atoms with Gasteiger partial charge in [-0.15, -0.1) is 0 Å². The Bertz CT molecular complexity index is 1200. The Morgan fingerprint density at radius 2 is 0.610 bits per heavy atom. The molecule has 0 fully saturated rings. The summed E-state index contributed by atoms with van der Waals surface area (Å²) < 4.78 is 5.50. The molecule has 456 valence electrons. The van der Waals surface area contributed by atoms with Crippen molar-refractivity contribution in [3.05, 3.63) is 24.3 Å². The highest BCUT2D eigenvalue weighted by Crippen LogP contribution is 2.19. The van der Waals surface area contributed by atoms with Crippen molar-refractivity contribution in [1.82, 2.24) is 5.32 Å². The van der Waals surface area contributed by atoms with Gasteiger partial charge in [-0.3, -0.25) is 9.59 Å². The van der Waals surface area contributed by atoms with Gasteiger partial charge >= 0.3 is 5.97 Å². The summed E-state index contributed by atoms with van der Waals surface area (Å²) in [7, 11) is 0. The third kappa shape index (κ3) is 63.4. The fourth-order valence-corrected chi connectivity index (χ4v) is 11.1. The molecule has 0 aliphatic heterocycles. The summed E-state index contributed by atoms with van der Waals surface area (Å²) in [6.45, 7) is 4.98. The molecule has 6 heteroatoms. The maximum absolute atomic E-state index is 12.5. The smallest absolute Gasteiger partial charge is 0.305 e. The number of allylic oxidation sites excluding steroid dienone is 4. The average molecular weight is 1080 g/mol. The number of hydrogen-bond acceptors (Lipinski definition) is 5. The van der Waals surface area contributed by atoms with Crippen LogP contribution in [-0.2, 0) is 14.3 Å². The Morgan fingerprint density at radius 1 is 0.351 bits per heavy atom. The monoisotopic (exact) mass is 1080 g/mol. The van der Waals surface area contributed by atoms with E-state index in [1.807, 2.05) is 0 Å². The van der Waals surface area contributed by atoms with Gasteiger partial charge in [0.05, 0.1) is 25.4 Å². The zero-order chi connectivity index (χ0) is 55.7. The number of aliphatic hydroxyl groups is 2. The molecule has 0 aliphatic carbocycles. The molecule has 0 aromatic rings. The number of ether oxygens (including phenoxy) is 1. The van der Waals surface area contributed by atoms with Crippen LogP contribution in [0.15, 0.2) is 24.3 Å². The highest BCUT2D eigenvalue weighted by molar-refractivity contribution is 5.76. The van der Waals surface area contributed by atoms with E-state index in [1.54, 1.807) is 0 Å². The molecule has 0 aromatic carbocycles. The molecule has 0 radical (unpaired) electrons. The second-order valence-electron chi connectivity index (χ2n) is 24.2. The zero-order valence-corrected chi connectivity index (χ0v) is 52.2. The molecule has 0 bridgehead atoms. The minimum Gasteiger partial charge on any atom is -0.466 e. The van der Waals surface area contributed by atoms with Crippen LogP contribution in [0.3, 0.4) is 0 Å². The Kier molecular flexibility index (Phi) is 65.4. The van der Waals surface area contributed by atoms with Crippen molar-refractivity contribution in [2.24, 2.45) is 0 Å². The Labute approximate surface area is 481 Å². The second-order valence-corrected chi connectivity index (χ2v) is 24.2. The van der Waals surface area contributed by atoms with Crippen molar-refractivity contribution < 1.29 is 24.5 Å². The molecule has 6 nitrogen and oxygen atoms in total. The highest BCUT2D eigenvalue weighted by atomic mass is 16.5. The molecular formula is C71H137NO5. The first-order chi connectivity index (χ1) is 38.0. The van der Waals surface area contributed by atoms with Crippen LogP contribution < -0.4 is 5.32 Å². The van der Waals surface area contributed by atoms with E-state index in [-0.39, 0.29) is 18.5 Å². The van der Waals surface area contributed by atoms with E-state index in [0.717, 1.165) is 44.9 Å². The minimum absolute atomic E-state index is 0.0118. The van der Waals surface area contributed by atoms with E-state index in [1.165, 1.54) is 315 Å². The molecule has 0 aliphatic rings. The summed E-state index contributed by atoms with van der Waals surface area (Å²) in [5.74, 6) is -0.0217. The van der Waals surface area contributed by atoms with Crippen LogP contribution in [-0.4, -0.2) is 47.4 Å². The van der Waals surface area contributed by atoms with Crippen molar-refractivity contribution in [3.63, 3.8) is 0 Å². The number of aliphatic hydroxyl groups excluding tert-OH is 2. The maximum atomic E-state index is 12.5. The predicted octanol–water partition coefficient (Wildman–Crippen LogP) is 22.5. The summed E-state index contributed by atoms with van der Waals surface area (Å²) in [5.41, 5.74) is 0. The summed E-state index contributed by atoms with van der Waals surface area (Å²) >= 11 is 0. The summed E-state index contributed by atoms with van der Waals surface area (Å²) in [6, 6.07) is -0.543. The largest absolute Gasteiger partial charge is 0.466 e. The lowest BCUT2D eigenvalue weighted by molar-refractivity contribution is -0.143. The Morgan fingerprint density at radius 3 is 0.922 bits per heavy atom. The molecule has 0 saturated carbocycles. The van der Waals surface area contributed by atoms with Crippen LogP contribution in [0.5, 0.6) is 0 Å². The van der Waals surface area contributed by atoms with Gasteiger partial charge in [0, 0.05) is 12.8 Å². The molecule has 77 heavy (non-hydrogen) atoms. The van der Waals surface area contributed by atoms with Gasteiger partial charge in [-0.2, -0.15) is 0 Å². The average Bonchev–Trinajstić information content (AvgIpc) is 3.43. The highest BCUT2D eigenvalue weighted by Gasteiger charge is 2.20. The first-order valence-corrected chi connectivity index (χ1v) is 35.1. The molecule has 2 atom stereocenters. The number of carbonyl (C=O) groups excluding carboxylic acids is 2. The molecule has 1 amide bonds. The fraction of sp³-hybridized carbons (Fsp3) is 0.915. The van der Waals surface area contributed by atoms with Crippen molar-refractivity contribution >= 4 is 11.9 Å². The molecule has 0 heterocycles. The van der Waals surface area contributed by atoms with Gasteiger partial charge in [0.25, 0.3) is 0 Å². The maximum Gasteiger partial charge on any atom is 0.305 e. The van der Waals surface area contributed by atoms with Gasteiger partial charge in [0.2, 0.25) is 5.91 Å². The third-order valence-corrected chi connectivity index (χ3v) is 16.5. The predicted molar refractivity (Wildman–Crippen MR) is 338 cm³/mol. The number of esters is 1. The topological polar surface area (TPSA) is 95.9 Å². The van der Waals surface area contributed by atoms with Crippen LogP contribution in [0, 0.1) is 0 Å². The summed E-state index contributed by atoms with van der Waals surface area (Å²) in [4.78, 5) is 24.6. The number of unbranched alkanes of at least 4 members (excludes halogenated alkanes) is 51. The first-order valence-electron chi connectivity index (χ1n) is 35.1. The number of hydrogen-bond donors (Lipinski definition) is 3. The number of rotatable bonds is 66. The standard InChI is InChI=1S/C71H137NO5/c1-3-5-7-9-11-13-15-17-19-31-35-39-43-47-51-55-59-63-69(74)68(67-73)72-70(75)64-60-56-52-48-44-40-36-33-29-27-25-23-21-22-24-26-28-30-34-38-42-46-50-54-58-62-66-77-71(76)65-61-57-53-49-45-41-37-32-20-18-16-14-12-10-8-6-4-2/h18,20-21,23,68-69,73-74H,3-17,19,22,24-67H2,1-2H3,(H,72,75)/b20-18-,23-21-. The van der Waals surface area contributed by atoms with Gasteiger partial charge < -0.3 is 20.3 Å². The van der Waals surface area contributed by atoms with E-state index < -0.39 is 12.1 Å². The van der Waals surface area contributed by atoms with Crippen molar-refractivity contribution in [2.45, 2.75) is 405 Å². The van der Waals surface area contributed by atoms with Crippen molar-refractivity contribution in [2.75, 3.05) is 13.2 Å². The molecule has 3 N–H and O–H groups in total. The van der Waals surface area contributed by atoms with Gasteiger partial charge in [-0.1, -0.05) is 327 Å². The lowest BCUT2D eigenvalue weighted by Crippen LogP contribution is -2.45. The summed E-state index contributed by atoms with van der Waals surface area (Å²) in [6.07, 6.45) is 83.6. The van der Waals surface area contributed by atoms with Crippen LogP contribution in [0.4, 0.5) is 0 Å². The van der Waals surface area contributed by atoms with E-state index in [0.29, 0.717) is 25.9 Å². The number of nitrogens with one attached hydrogen (secondary N) is 1. The summed E-state index contributed by atoms with van der Waals surface area (Å²) in [5, 5.41) is 23.4. The second kappa shape index (κ2) is 66.8. The molecule has 0 rings (SSSR count). The van der Waals surface area contributed by atoms with Crippen LogP contribution in [0.2, 0.25) is 0 Å². The SMILES string of the molecule is CCCCCCCC/C=C\CCCCCCCCCC(=O)OCCCCCCCCCCCCCC/C=C\CCCCCCCCCCCCC(=O)NC(CO)C(O)CCCCCCCCCCCCCCCCCCC. The first kappa shape index (κ1) is 75.3. The lowest BCUT2D eigenvalue weighted by atomic mass is 10.0. The normalized spacial score (nSPS) is 12.6.